The first-order chi connectivity index (χ1) is 29.5. The number of hydrogen-bond acceptors (Lipinski definition) is 1. The normalized spacial score (nSPS) is 13.3. The molecule has 0 atom stereocenters. The van der Waals surface area contributed by atoms with E-state index < -0.39 is 0 Å². The lowest BCUT2D eigenvalue weighted by molar-refractivity contribution is 0.653. The second-order valence-corrected chi connectivity index (χ2v) is 16.9. The van der Waals surface area contributed by atoms with E-state index in [0.29, 0.717) is 0 Å². The number of aromatic nitrogens is 2. The van der Waals surface area contributed by atoms with Gasteiger partial charge in [-0.2, -0.15) is 0 Å². The number of hydrogen-bond donors (Lipinski definition) is 0. The molecule has 282 valence electrons. The topological polar surface area (TPSA) is 23.0 Å². The van der Waals surface area contributed by atoms with E-state index in [1.54, 1.807) is 0 Å². The average molecular weight is 767 g/mol. The van der Waals surface area contributed by atoms with E-state index >= 15 is 0 Å². The van der Waals surface area contributed by atoms with Crippen molar-refractivity contribution < 1.29 is 4.42 Å². The molecule has 0 spiro atoms. The summed E-state index contributed by atoms with van der Waals surface area (Å²) >= 11 is 0. The smallest absolute Gasteiger partial charge is 0.143 e. The predicted octanol–water partition coefficient (Wildman–Crippen LogP) is 15.4. The summed E-state index contributed by atoms with van der Waals surface area (Å²) < 4.78 is 11.8. The van der Waals surface area contributed by atoms with Crippen LogP contribution >= 0.6 is 0 Å². The van der Waals surface area contributed by atoms with Gasteiger partial charge < -0.3 is 13.6 Å². The Bertz CT molecular complexity index is 3730. The largest absolute Gasteiger partial charge is 0.455 e. The second kappa shape index (κ2) is 12.2. The van der Waals surface area contributed by atoms with Crippen LogP contribution in [0.4, 0.5) is 0 Å². The lowest BCUT2D eigenvalue weighted by Gasteiger charge is -2.21. The predicted molar refractivity (Wildman–Crippen MR) is 251 cm³/mol. The van der Waals surface area contributed by atoms with Crippen LogP contribution in [0, 0.1) is 0 Å². The number of fused-ring (bicyclic) bond motifs is 13. The third-order valence-corrected chi connectivity index (χ3v) is 13.3. The van der Waals surface area contributed by atoms with Gasteiger partial charge in [0.25, 0.3) is 0 Å². The molecule has 3 aromatic heterocycles. The van der Waals surface area contributed by atoms with Crippen LogP contribution in [0.5, 0.6) is 0 Å². The Morgan fingerprint density at radius 2 is 0.900 bits per heavy atom. The van der Waals surface area contributed by atoms with Crippen molar-refractivity contribution in [3.8, 4) is 44.8 Å². The zero-order valence-corrected chi connectivity index (χ0v) is 33.3. The van der Waals surface area contributed by atoms with Crippen molar-refractivity contribution >= 4 is 65.6 Å². The number of rotatable bonds is 4. The lowest BCUT2D eigenvalue weighted by Crippen LogP contribution is -2.14. The van der Waals surface area contributed by atoms with Gasteiger partial charge in [0.2, 0.25) is 0 Å². The highest BCUT2D eigenvalue weighted by Gasteiger charge is 2.37. The maximum atomic E-state index is 6.97. The van der Waals surface area contributed by atoms with Gasteiger partial charge in [-0.25, -0.2) is 0 Å². The fourth-order valence-electron chi connectivity index (χ4n) is 10.5. The molecule has 0 saturated heterocycles. The average Bonchev–Trinajstić information content (AvgIpc) is 4.01. The monoisotopic (exact) mass is 766 g/mol. The molecule has 3 nitrogen and oxygen atoms in total. The molecule has 9 aromatic carbocycles. The van der Waals surface area contributed by atoms with E-state index in [-0.39, 0.29) is 5.41 Å². The van der Waals surface area contributed by atoms with Gasteiger partial charge in [0.15, 0.2) is 0 Å². The van der Waals surface area contributed by atoms with Crippen LogP contribution in [-0.2, 0) is 5.41 Å². The van der Waals surface area contributed by atoms with Crippen LogP contribution < -0.4 is 0 Å². The van der Waals surface area contributed by atoms with Crippen molar-refractivity contribution in [2.75, 3.05) is 0 Å². The van der Waals surface area contributed by atoms with Crippen molar-refractivity contribution in [2.45, 2.75) is 19.3 Å². The van der Waals surface area contributed by atoms with Crippen LogP contribution in [0.3, 0.4) is 0 Å². The third kappa shape index (κ3) is 4.55. The molecule has 12 aromatic rings. The van der Waals surface area contributed by atoms with E-state index in [9.17, 15) is 0 Å². The Morgan fingerprint density at radius 3 is 1.72 bits per heavy atom. The molecule has 0 bridgehead atoms. The highest BCUT2D eigenvalue weighted by atomic mass is 16.3. The zero-order chi connectivity index (χ0) is 39.7. The summed E-state index contributed by atoms with van der Waals surface area (Å²) in [5.74, 6) is 0. The summed E-state index contributed by atoms with van der Waals surface area (Å²) in [5.41, 5.74) is 18.7. The maximum absolute atomic E-state index is 6.97. The van der Waals surface area contributed by atoms with E-state index in [1.165, 1.54) is 82.7 Å². The summed E-state index contributed by atoms with van der Waals surface area (Å²) in [5, 5.41) is 7.30. The minimum absolute atomic E-state index is 0.0802. The summed E-state index contributed by atoms with van der Waals surface area (Å²) in [6.45, 7) is 4.64. The van der Waals surface area contributed by atoms with Gasteiger partial charge in [0, 0.05) is 60.2 Å². The van der Waals surface area contributed by atoms with E-state index in [2.05, 4.69) is 217 Å². The minimum atomic E-state index is -0.0802. The molecule has 0 saturated carbocycles. The number of para-hydroxylation sites is 4. The van der Waals surface area contributed by atoms with Crippen molar-refractivity contribution in [1.82, 2.24) is 9.13 Å². The molecule has 3 heterocycles. The van der Waals surface area contributed by atoms with Crippen molar-refractivity contribution in [1.29, 1.82) is 0 Å². The molecule has 0 unspecified atom stereocenters. The highest BCUT2D eigenvalue weighted by molar-refractivity contribution is 6.15. The molecule has 1 aliphatic carbocycles. The number of nitrogens with zero attached hydrogens (tertiary/aromatic N) is 2. The summed E-state index contributed by atoms with van der Waals surface area (Å²) in [6, 6.07) is 71.0. The van der Waals surface area contributed by atoms with Crippen molar-refractivity contribution in [2.24, 2.45) is 0 Å². The van der Waals surface area contributed by atoms with Gasteiger partial charge >= 0.3 is 0 Å². The van der Waals surface area contributed by atoms with Gasteiger partial charge in [-0.3, -0.25) is 0 Å². The molecule has 13 rings (SSSR count). The molecule has 60 heavy (non-hydrogen) atoms. The second-order valence-electron chi connectivity index (χ2n) is 16.9. The van der Waals surface area contributed by atoms with Crippen LogP contribution in [-0.4, -0.2) is 9.13 Å². The quantitative estimate of drug-likeness (QED) is 0.175. The summed E-state index contributed by atoms with van der Waals surface area (Å²) in [4.78, 5) is 0. The first-order valence-corrected chi connectivity index (χ1v) is 20.8. The molecular formula is C57H38N2O. The maximum Gasteiger partial charge on any atom is 0.143 e. The van der Waals surface area contributed by atoms with Gasteiger partial charge in [0.05, 0.1) is 22.1 Å². The fraction of sp³-hybridized carbons (Fsp3) is 0.0526. The molecule has 0 radical (unpaired) electrons. The summed E-state index contributed by atoms with van der Waals surface area (Å²) in [6.07, 6.45) is 0. The lowest BCUT2D eigenvalue weighted by atomic mass is 9.82. The standard InChI is InChI=1S/C57H38N2O/c1-57(2)48-20-9-6-17-46(48)54-49(57)31-30-45-44-19-12-18-40(55(44)60-56(45)54)35-23-27-39(28-24-35)59-50-21-10-7-15-41(50)43-29-25-37(34-53(43)59)36-26-32-52-47(33-36)42-16-8-11-22-51(42)58(52)38-13-4-3-5-14-38/h3-34H,1-2H3. The van der Waals surface area contributed by atoms with Gasteiger partial charge in [-0.1, -0.05) is 153 Å². The van der Waals surface area contributed by atoms with Gasteiger partial charge in [-0.15, -0.1) is 0 Å². The Balaban J connectivity index is 0.940. The Labute approximate surface area is 347 Å². The van der Waals surface area contributed by atoms with E-state index in [0.717, 1.165) is 38.8 Å². The molecule has 1 aliphatic rings. The SMILES string of the molecule is CC1(C)c2ccccc2-c2c1ccc1c2oc2c(-c3ccc(-n4c5ccccc5c5ccc(-c6ccc7c(c6)c6ccccc6n7-c6ccccc6)cc54)cc3)cccc21. The third-order valence-electron chi connectivity index (χ3n) is 13.3. The van der Waals surface area contributed by atoms with Crippen molar-refractivity contribution in [3.63, 3.8) is 0 Å². The Morgan fingerprint density at radius 1 is 0.350 bits per heavy atom. The van der Waals surface area contributed by atoms with E-state index in [1.807, 2.05) is 0 Å². The number of furan rings is 1. The first-order valence-electron chi connectivity index (χ1n) is 20.8. The first kappa shape index (κ1) is 33.4. The van der Waals surface area contributed by atoms with Crippen LogP contribution in [0.15, 0.2) is 199 Å². The summed E-state index contributed by atoms with van der Waals surface area (Å²) in [7, 11) is 0. The van der Waals surface area contributed by atoms with E-state index in [4.69, 9.17) is 4.42 Å². The number of benzene rings is 9. The van der Waals surface area contributed by atoms with Crippen LogP contribution in [0.25, 0.3) is 110 Å². The van der Waals surface area contributed by atoms with Gasteiger partial charge in [-0.05, 0) is 88.0 Å². The fourth-order valence-corrected chi connectivity index (χ4v) is 10.5. The highest BCUT2D eigenvalue weighted by Crippen LogP contribution is 2.53. The minimum Gasteiger partial charge on any atom is -0.455 e. The Kier molecular flexibility index (Phi) is 6.78. The zero-order valence-electron chi connectivity index (χ0n) is 33.3. The molecule has 3 heteroatoms. The Hall–Kier alpha value is -7.62. The van der Waals surface area contributed by atoms with Crippen molar-refractivity contribution in [3.05, 3.63) is 205 Å². The molecule has 0 N–H and O–H groups in total. The van der Waals surface area contributed by atoms with Crippen LogP contribution in [0.2, 0.25) is 0 Å². The molecule has 0 fully saturated rings. The molecule has 0 aliphatic heterocycles. The van der Waals surface area contributed by atoms with Crippen LogP contribution in [0.1, 0.15) is 25.0 Å². The molecule has 0 amide bonds. The molecular weight excluding hydrogens is 729 g/mol. The van der Waals surface area contributed by atoms with Gasteiger partial charge in [0.1, 0.15) is 11.2 Å².